The van der Waals surface area contributed by atoms with Crippen LogP contribution in [0, 0.1) is 0 Å². The van der Waals surface area contributed by atoms with Gasteiger partial charge in [0, 0.05) is 82.6 Å². The van der Waals surface area contributed by atoms with E-state index in [9.17, 15) is 33.9 Å². The van der Waals surface area contributed by atoms with Gasteiger partial charge in [0.25, 0.3) is 22.2 Å². The van der Waals surface area contributed by atoms with Crippen LogP contribution in [0.4, 0.5) is 46.8 Å². The van der Waals surface area contributed by atoms with E-state index in [0.717, 1.165) is 0 Å². The summed E-state index contributed by atoms with van der Waals surface area (Å²) < 4.78 is 68.3. The van der Waals surface area contributed by atoms with E-state index in [1.807, 2.05) is 0 Å². The predicted molar refractivity (Wildman–Crippen MR) is 310 cm³/mol. The fourth-order valence-corrected chi connectivity index (χ4v) is 10.4. The number of aromatic nitrogens is 12. The van der Waals surface area contributed by atoms with Crippen molar-refractivity contribution in [3.63, 3.8) is 0 Å². The third-order valence-electron chi connectivity index (χ3n) is 14.4. The fraction of sp³-hybridized carbons (Fsp3) is 0.604. The Balaban J connectivity index is 0.000000167. The first-order chi connectivity index (χ1) is 41.8. The highest BCUT2D eigenvalue weighted by molar-refractivity contribution is 5.78. The van der Waals surface area contributed by atoms with Gasteiger partial charge < -0.3 is 106 Å². The second-order valence-electron chi connectivity index (χ2n) is 19.8. The Morgan fingerprint density at radius 2 is 1.08 bits per heavy atom. The zero-order chi connectivity index (χ0) is 62.8. The molecule has 4 saturated heterocycles. The summed E-state index contributed by atoms with van der Waals surface area (Å²) in [5.74, 6) is 0.264. The predicted octanol–water partition coefficient (Wildman–Crippen LogP) is -4.49. The van der Waals surface area contributed by atoms with Crippen molar-refractivity contribution in [1.29, 1.82) is 0 Å². The van der Waals surface area contributed by atoms with E-state index in [0.29, 0.717) is 64.2 Å². The van der Waals surface area contributed by atoms with Gasteiger partial charge in [-0.3, -0.25) is 58.4 Å². The van der Waals surface area contributed by atoms with E-state index in [1.165, 1.54) is 15.8 Å². The number of aliphatic hydroxyl groups is 1. The van der Waals surface area contributed by atoms with Crippen LogP contribution >= 0.6 is 0 Å². The number of fused-ring (bicyclic) bond motifs is 3. The summed E-state index contributed by atoms with van der Waals surface area (Å²) in [5, 5.41) is 18.1. The minimum atomic E-state index is -1.13. The quantitative estimate of drug-likeness (QED) is 0.0340. The van der Waals surface area contributed by atoms with Gasteiger partial charge in [-0.15, -0.1) is 0 Å². The molecule has 40 nitrogen and oxygen atoms in total. The maximum absolute atomic E-state index is 12.2. The minimum Gasteiger partial charge on any atom is -0.412 e. The van der Waals surface area contributed by atoms with E-state index in [1.54, 1.807) is 61.4 Å². The molecule has 0 bridgehead atoms. The lowest BCUT2D eigenvalue weighted by Crippen LogP contribution is -2.44. The summed E-state index contributed by atoms with van der Waals surface area (Å²) in [5.41, 5.74) is 20.8. The van der Waals surface area contributed by atoms with Crippen LogP contribution in [0.25, 0.3) is 22.3 Å². The van der Waals surface area contributed by atoms with Gasteiger partial charge in [0.2, 0.25) is 36.6 Å². The van der Waals surface area contributed by atoms with E-state index in [-0.39, 0.29) is 130 Å². The van der Waals surface area contributed by atoms with Gasteiger partial charge >= 0.3 is 5.69 Å². The van der Waals surface area contributed by atoms with Crippen molar-refractivity contribution in [2.24, 2.45) is 0 Å². The molecule has 0 spiro atoms. The maximum Gasteiger partial charge on any atom is 0.329 e. The highest BCUT2D eigenvalue weighted by Crippen LogP contribution is 2.37. The lowest BCUT2D eigenvalue weighted by molar-refractivity contribution is -0.105. The Morgan fingerprint density at radius 1 is 0.602 bits per heavy atom. The number of hydrogen-bond acceptors (Lipinski definition) is 31. The first kappa shape index (κ1) is 67.3. The highest BCUT2D eigenvalue weighted by atomic mass is 16.6. The number of methoxy groups -OCH3 is 8. The molecule has 0 saturated carbocycles. The number of ether oxygens (including phenoxy) is 12. The van der Waals surface area contributed by atoms with Crippen molar-refractivity contribution in [3.05, 3.63) is 58.2 Å². The molecule has 0 aliphatic carbocycles. The van der Waals surface area contributed by atoms with E-state index in [4.69, 9.17) is 79.8 Å². The number of hydrogen-bond donors (Lipinski definition) is 13. The van der Waals surface area contributed by atoms with Crippen molar-refractivity contribution < 1.29 is 72.2 Å². The smallest absolute Gasteiger partial charge is 0.329 e. The van der Waals surface area contributed by atoms with Crippen LogP contribution in [0.5, 0.6) is 0 Å². The van der Waals surface area contributed by atoms with Crippen LogP contribution in [-0.2, 0) is 61.6 Å². The standard InChI is InChI=1S/C12H19N5O5.C12H17N5O5.C12H19N5O5.C12H17N5O4.H2O/c2*1-20-4-6-5(21-2)3-7(22-6)17-9-8(14-12(17)19)10(18)16-11(13)15-9;1-20-4-7-6(21-2)3-8(22-7)15-10-9(14-5-18)11(19)17-12(13)16-10;1-19-4-7-6(20-2)3-8(21-7)17-5-14-9-10(17)15-12(13)16-11(9)18;/h5-7,12,14,19H,3-4H2,1-2H3,(H3,13,15,16,18);5-7H,3-4H2,1-2H3,(H,14,19)(H3,13,15,16,18);5-8H,3-4H2,1-2H3,(H,14,18)(H4,13,15,16,17,19);5-8H,3-4H2,1-2H3,(H3,13,15,16,18);1H2/t5-,6-,7-,12?;5-,6-,7-;6-,7-,8?;6-,7-,8-;/m1111./s1. The average molecular weight is 1250 g/mol. The Kier molecular flexibility index (Phi) is 23.0. The van der Waals surface area contributed by atoms with Gasteiger partial charge in [0.05, 0.1) is 57.2 Å². The van der Waals surface area contributed by atoms with Gasteiger partial charge in [0.1, 0.15) is 60.7 Å². The summed E-state index contributed by atoms with van der Waals surface area (Å²) >= 11 is 0. The second kappa shape index (κ2) is 30.1. The molecule has 1 amide bonds. The number of nitrogens with zero attached hydrogens (tertiary/aromatic N) is 8. The normalized spacial score (nSPS) is 26.1. The molecular weight excluding hydrogens is 1180 g/mol. The molecule has 11 rings (SSSR count). The first-order valence-corrected chi connectivity index (χ1v) is 26.7. The van der Waals surface area contributed by atoms with Gasteiger partial charge in [-0.1, -0.05) is 0 Å². The lowest BCUT2D eigenvalue weighted by atomic mass is 10.2. The average Bonchev–Trinajstić information content (AvgIpc) is 2.85. The zero-order valence-corrected chi connectivity index (χ0v) is 49.0. The van der Waals surface area contributed by atoms with E-state index < -0.39 is 47.4 Å². The molecule has 0 aromatic carbocycles. The number of imidazole rings is 2. The fourth-order valence-electron chi connectivity index (χ4n) is 10.4. The number of nitrogens with two attached hydrogens (primary N) is 4. The molecule has 5 aliphatic heterocycles. The Bertz CT molecular complexity index is 3600. The number of amides is 1. The van der Waals surface area contributed by atoms with Crippen LogP contribution in [-0.4, -0.2) is 227 Å². The van der Waals surface area contributed by atoms with Crippen molar-refractivity contribution in [1.82, 2.24) is 59.0 Å². The first-order valence-electron chi connectivity index (χ1n) is 26.7. The monoisotopic (exact) mass is 1250 g/mol. The molecule has 2 unspecified atom stereocenters. The molecule has 88 heavy (non-hydrogen) atoms. The molecule has 4 fully saturated rings. The Hall–Kier alpha value is -8.23. The number of H-pyrrole nitrogens is 5. The second-order valence-corrected chi connectivity index (χ2v) is 19.8. The number of carbonyl (C=O) groups is 1. The largest absolute Gasteiger partial charge is 0.412 e. The van der Waals surface area contributed by atoms with Crippen LogP contribution in [0.3, 0.4) is 0 Å². The molecule has 19 N–H and O–H groups in total. The molecule has 6 aromatic rings. The molecule has 0 radical (unpaired) electrons. The summed E-state index contributed by atoms with van der Waals surface area (Å²) in [6.07, 6.45) is -0.687. The van der Waals surface area contributed by atoms with E-state index in [2.05, 4.69) is 65.8 Å². The van der Waals surface area contributed by atoms with Crippen molar-refractivity contribution >= 4 is 75.5 Å². The van der Waals surface area contributed by atoms with Crippen LogP contribution in [0.2, 0.25) is 0 Å². The van der Waals surface area contributed by atoms with Gasteiger partial charge in [-0.05, 0) is 0 Å². The van der Waals surface area contributed by atoms with Gasteiger partial charge in [0.15, 0.2) is 34.0 Å². The molecule has 40 heteroatoms. The van der Waals surface area contributed by atoms with Gasteiger partial charge in [-0.2, -0.15) is 19.9 Å². The third-order valence-corrected chi connectivity index (χ3v) is 14.4. The van der Waals surface area contributed by atoms with Crippen molar-refractivity contribution in [3.8, 4) is 0 Å². The summed E-state index contributed by atoms with van der Waals surface area (Å²) in [7, 11) is 12.7. The number of aliphatic hydroxyl groups excluding tert-OH is 1. The van der Waals surface area contributed by atoms with Crippen molar-refractivity contribution in [2.75, 3.05) is 127 Å². The number of rotatable bonds is 19. The third kappa shape index (κ3) is 14.8. The molecule has 11 heterocycles. The number of nitrogens with one attached hydrogen (secondary N) is 8. The van der Waals surface area contributed by atoms with Crippen LogP contribution in [0.1, 0.15) is 38.1 Å². The number of anilines is 8. The number of aromatic amines is 5. The topological polar surface area (TPSA) is 562 Å². The highest BCUT2D eigenvalue weighted by Gasteiger charge is 2.45. The molecule has 6 aromatic heterocycles. The molecular formula is C48H74N20O20. The van der Waals surface area contributed by atoms with Crippen molar-refractivity contribution in [2.45, 2.75) is 106 Å². The summed E-state index contributed by atoms with van der Waals surface area (Å²) in [6.45, 7) is 1.51. The minimum absolute atomic E-state index is 0. The number of carbonyl (C=O) groups excluding carboxylic acids is 1. The molecule has 5 aliphatic rings. The Morgan fingerprint density at radius 3 is 1.66 bits per heavy atom. The SMILES string of the molecule is COC[C@H]1OC(Nc2nc(N)[nH]c(=O)c2NC=O)C[C@H]1OC.COC[C@H]1O[C@@H](N2c3nc(N)[nH]c(=O)c3NC2O)C[C@H]1OC.COC[C@H]1O[C@@H](n2c(=O)[nH]c3c(=O)[nH]c(N)nc32)C[C@H]1OC.COC[C@H]1O[C@@H](n2cnc3c(=O)[nH]c(N)nc32)C[C@H]1OC.O. The molecule has 486 valence electrons. The van der Waals surface area contributed by atoms with Crippen LogP contribution < -0.4 is 71.7 Å². The lowest BCUT2D eigenvalue weighted by Gasteiger charge is -2.27. The number of nitrogen functional groups attached to an aromatic ring is 4. The van der Waals surface area contributed by atoms with Gasteiger partial charge in [-0.25, -0.2) is 14.3 Å². The Labute approximate surface area is 496 Å². The van der Waals surface area contributed by atoms with Crippen LogP contribution in [0.15, 0.2) is 30.3 Å². The molecule has 13 atom stereocenters. The maximum atomic E-state index is 12.2. The van der Waals surface area contributed by atoms with E-state index >= 15 is 0 Å². The summed E-state index contributed by atoms with van der Waals surface area (Å²) in [4.78, 5) is 104. The summed E-state index contributed by atoms with van der Waals surface area (Å²) in [6, 6.07) is 0. The zero-order valence-electron chi connectivity index (χ0n) is 49.0.